The molecule has 4 nitrogen and oxygen atoms in total. The summed E-state index contributed by atoms with van der Waals surface area (Å²) in [6.07, 6.45) is -0.258. The number of halogens is 2. The Kier molecular flexibility index (Phi) is 3.36. The molecule has 1 aliphatic heterocycles. The van der Waals surface area contributed by atoms with Gasteiger partial charge in [0.1, 0.15) is 5.82 Å². The van der Waals surface area contributed by atoms with Crippen molar-refractivity contribution in [3.05, 3.63) is 28.5 Å². The zero-order valence-electron chi connectivity index (χ0n) is 9.87. The van der Waals surface area contributed by atoms with E-state index in [2.05, 4.69) is 0 Å². The number of rotatable bonds is 3. The summed E-state index contributed by atoms with van der Waals surface area (Å²) in [7, 11) is 1.50. The van der Waals surface area contributed by atoms with Crippen LogP contribution in [0.3, 0.4) is 0 Å². The van der Waals surface area contributed by atoms with Gasteiger partial charge in [-0.25, -0.2) is 4.39 Å². The molecule has 0 aromatic heterocycles. The summed E-state index contributed by atoms with van der Waals surface area (Å²) < 4.78 is 18.4. The van der Waals surface area contributed by atoms with Gasteiger partial charge in [0.2, 0.25) is 0 Å². The van der Waals surface area contributed by atoms with E-state index in [0.717, 1.165) is 6.07 Å². The molecule has 18 heavy (non-hydrogen) atoms. The van der Waals surface area contributed by atoms with Gasteiger partial charge < -0.3 is 9.64 Å². The lowest BCUT2D eigenvalue weighted by atomic mass is 10.1. The molecule has 96 valence electrons. The van der Waals surface area contributed by atoms with Gasteiger partial charge in [0.25, 0.3) is 11.7 Å². The number of ether oxygens (including phenoxy) is 1. The maximum atomic E-state index is 13.4. The quantitative estimate of drug-likeness (QED) is 0.791. The Morgan fingerprint density at radius 2 is 2.11 bits per heavy atom. The molecule has 0 aliphatic carbocycles. The third-order valence-corrected chi connectivity index (χ3v) is 3.15. The highest BCUT2D eigenvalue weighted by Gasteiger charge is 2.37. The molecule has 0 spiro atoms. The molecule has 1 atom stereocenters. The monoisotopic (exact) mass is 271 g/mol. The van der Waals surface area contributed by atoms with Crippen LogP contribution in [0.15, 0.2) is 12.1 Å². The predicted molar refractivity (Wildman–Crippen MR) is 64.6 cm³/mol. The van der Waals surface area contributed by atoms with Crippen LogP contribution < -0.4 is 4.90 Å². The average molecular weight is 272 g/mol. The molecule has 1 amide bonds. The predicted octanol–water partition coefficient (Wildman–Crippen LogP) is 2.04. The van der Waals surface area contributed by atoms with E-state index in [1.54, 1.807) is 6.92 Å². The van der Waals surface area contributed by atoms with E-state index in [1.807, 2.05) is 0 Å². The van der Waals surface area contributed by atoms with Gasteiger partial charge >= 0.3 is 0 Å². The summed E-state index contributed by atoms with van der Waals surface area (Å²) in [4.78, 5) is 24.7. The first-order valence-electron chi connectivity index (χ1n) is 5.33. The summed E-state index contributed by atoms with van der Waals surface area (Å²) >= 11 is 5.60. The van der Waals surface area contributed by atoms with E-state index in [1.165, 1.54) is 18.1 Å². The molecule has 1 aromatic rings. The van der Waals surface area contributed by atoms with Crippen molar-refractivity contribution < 1.29 is 18.7 Å². The van der Waals surface area contributed by atoms with Crippen LogP contribution in [-0.4, -0.2) is 31.4 Å². The van der Waals surface area contributed by atoms with Crippen LogP contribution >= 0.6 is 11.6 Å². The first-order chi connectivity index (χ1) is 8.45. The summed E-state index contributed by atoms with van der Waals surface area (Å²) in [5.74, 6) is -2.02. The minimum Gasteiger partial charge on any atom is -0.380 e. The largest absolute Gasteiger partial charge is 0.380 e. The van der Waals surface area contributed by atoms with E-state index in [9.17, 15) is 14.0 Å². The fraction of sp³-hybridized carbons (Fsp3) is 0.333. The minimum absolute atomic E-state index is 0.134. The number of benzene rings is 1. The van der Waals surface area contributed by atoms with Gasteiger partial charge in [-0.2, -0.15) is 0 Å². The summed E-state index contributed by atoms with van der Waals surface area (Å²) in [5, 5.41) is -0.170. The van der Waals surface area contributed by atoms with E-state index in [-0.39, 0.29) is 28.9 Å². The van der Waals surface area contributed by atoms with Crippen molar-refractivity contribution in [1.82, 2.24) is 0 Å². The molecule has 6 heteroatoms. The van der Waals surface area contributed by atoms with Gasteiger partial charge in [0, 0.05) is 7.11 Å². The van der Waals surface area contributed by atoms with Gasteiger partial charge in [0.15, 0.2) is 0 Å². The normalized spacial score (nSPS) is 16.1. The summed E-state index contributed by atoms with van der Waals surface area (Å²) in [5.41, 5.74) is 0.380. The maximum Gasteiger partial charge on any atom is 0.299 e. The van der Waals surface area contributed by atoms with Crippen LogP contribution in [-0.2, 0) is 9.53 Å². The van der Waals surface area contributed by atoms with E-state index in [0.29, 0.717) is 0 Å². The smallest absolute Gasteiger partial charge is 0.299 e. The van der Waals surface area contributed by atoms with Crippen molar-refractivity contribution in [3.63, 3.8) is 0 Å². The minimum atomic E-state index is -0.685. The molecular weight excluding hydrogens is 261 g/mol. The number of carbonyl (C=O) groups is 2. The molecule has 1 unspecified atom stereocenters. The lowest BCUT2D eigenvalue weighted by Gasteiger charge is -2.20. The third kappa shape index (κ3) is 2.00. The summed E-state index contributed by atoms with van der Waals surface area (Å²) in [6, 6.07) is 2.28. The second-order valence-electron chi connectivity index (χ2n) is 4.07. The van der Waals surface area contributed by atoms with Crippen LogP contribution in [0.1, 0.15) is 17.3 Å². The van der Waals surface area contributed by atoms with Crippen molar-refractivity contribution in [2.24, 2.45) is 0 Å². The van der Waals surface area contributed by atoms with Gasteiger partial charge in [0.05, 0.1) is 28.9 Å². The van der Waals surface area contributed by atoms with Crippen molar-refractivity contribution in [1.29, 1.82) is 0 Å². The molecule has 0 saturated carbocycles. The fourth-order valence-electron chi connectivity index (χ4n) is 1.80. The lowest BCUT2D eigenvalue weighted by molar-refractivity contribution is -0.114. The van der Waals surface area contributed by atoms with Crippen molar-refractivity contribution in [2.45, 2.75) is 13.0 Å². The molecule has 0 radical (unpaired) electrons. The molecule has 1 aliphatic rings. The van der Waals surface area contributed by atoms with E-state index in [4.69, 9.17) is 16.3 Å². The topological polar surface area (TPSA) is 46.6 Å². The molecular formula is C12H11ClFNO3. The van der Waals surface area contributed by atoms with Crippen molar-refractivity contribution in [3.8, 4) is 0 Å². The molecule has 0 bridgehead atoms. The number of carbonyl (C=O) groups excluding carboxylic acids is 2. The first kappa shape index (κ1) is 13.0. The van der Waals surface area contributed by atoms with Gasteiger partial charge in [-0.05, 0) is 19.1 Å². The SMILES string of the molecule is COC(C)CN1C(=O)C(=O)c2cc(Cl)c(F)cc21. The number of ketones is 1. The number of hydrogen-bond acceptors (Lipinski definition) is 3. The van der Waals surface area contributed by atoms with Gasteiger partial charge in [-0.1, -0.05) is 11.6 Å². The Balaban J connectivity index is 2.45. The second-order valence-corrected chi connectivity index (χ2v) is 4.48. The second kappa shape index (κ2) is 4.66. The van der Waals surface area contributed by atoms with E-state index < -0.39 is 17.5 Å². The average Bonchev–Trinajstić information content (AvgIpc) is 2.56. The Morgan fingerprint density at radius 1 is 1.44 bits per heavy atom. The van der Waals surface area contributed by atoms with Crippen LogP contribution in [0.25, 0.3) is 0 Å². The number of methoxy groups -OCH3 is 1. The molecule has 2 rings (SSSR count). The maximum absolute atomic E-state index is 13.4. The standard InChI is InChI=1S/C12H11ClFNO3/c1-6(18-2)5-15-10-4-9(14)8(13)3-7(10)11(16)12(15)17/h3-4,6H,5H2,1-2H3. The molecule has 0 fully saturated rings. The highest BCUT2D eigenvalue weighted by atomic mass is 35.5. The number of amides is 1. The third-order valence-electron chi connectivity index (χ3n) is 2.86. The zero-order chi connectivity index (χ0) is 13.4. The molecule has 0 saturated heterocycles. The number of nitrogens with zero attached hydrogens (tertiary/aromatic N) is 1. The van der Waals surface area contributed by atoms with Gasteiger partial charge in [-0.15, -0.1) is 0 Å². The fourth-order valence-corrected chi connectivity index (χ4v) is 1.97. The number of Topliss-reactive ketones (excluding diaryl/α,β-unsaturated/α-hetero) is 1. The van der Waals surface area contributed by atoms with Crippen LogP contribution in [0.4, 0.5) is 10.1 Å². The van der Waals surface area contributed by atoms with Crippen molar-refractivity contribution >= 4 is 29.0 Å². The van der Waals surface area contributed by atoms with Crippen LogP contribution in [0, 0.1) is 5.82 Å². The Bertz CT molecular complexity index is 532. The Hall–Kier alpha value is -1.46. The molecule has 1 aromatic carbocycles. The molecule has 0 N–H and O–H groups in total. The first-order valence-corrected chi connectivity index (χ1v) is 5.71. The number of hydrogen-bond donors (Lipinski definition) is 0. The van der Waals surface area contributed by atoms with Crippen LogP contribution in [0.5, 0.6) is 0 Å². The summed E-state index contributed by atoms with van der Waals surface area (Å²) in [6.45, 7) is 1.94. The Morgan fingerprint density at radius 3 is 2.72 bits per heavy atom. The van der Waals surface area contributed by atoms with Gasteiger partial charge in [-0.3, -0.25) is 9.59 Å². The zero-order valence-corrected chi connectivity index (χ0v) is 10.6. The lowest BCUT2D eigenvalue weighted by Crippen LogP contribution is -2.36. The molecule has 1 heterocycles. The van der Waals surface area contributed by atoms with E-state index >= 15 is 0 Å². The highest BCUT2D eigenvalue weighted by Crippen LogP contribution is 2.33. The van der Waals surface area contributed by atoms with Crippen LogP contribution in [0.2, 0.25) is 5.02 Å². The number of fused-ring (bicyclic) bond motifs is 1. The Labute approximate surface area is 108 Å². The van der Waals surface area contributed by atoms with Crippen molar-refractivity contribution in [2.75, 3.05) is 18.6 Å². The highest BCUT2D eigenvalue weighted by molar-refractivity contribution is 6.52. The number of anilines is 1.